The zero-order valence-corrected chi connectivity index (χ0v) is 14.5. The summed E-state index contributed by atoms with van der Waals surface area (Å²) in [4.78, 5) is 25.8. The van der Waals surface area contributed by atoms with E-state index in [4.69, 9.17) is 0 Å². The summed E-state index contributed by atoms with van der Waals surface area (Å²) in [5.74, 6) is 0.846. The maximum Gasteiger partial charge on any atom is 0.256 e. The van der Waals surface area contributed by atoms with E-state index in [0.717, 1.165) is 41.2 Å². The molecule has 1 fully saturated rings. The summed E-state index contributed by atoms with van der Waals surface area (Å²) in [6.07, 6.45) is 3.50. The molecule has 1 aliphatic heterocycles. The molecule has 1 aliphatic rings. The van der Waals surface area contributed by atoms with Gasteiger partial charge in [-0.25, -0.2) is 9.97 Å². The van der Waals surface area contributed by atoms with Gasteiger partial charge in [-0.2, -0.15) is 0 Å². The molecule has 128 valence electrons. The standard InChI is InChI=1S/C19H21N5O/c1-14-17(15-6-3-4-7-16(15)22(14)2)18(25)23-10-12-24(13-11-23)19-20-8-5-9-21-19/h3-9H,10-13H2,1-2H3. The van der Waals surface area contributed by atoms with Crippen LogP contribution in [0.2, 0.25) is 0 Å². The lowest BCUT2D eigenvalue weighted by Crippen LogP contribution is -2.49. The molecule has 0 N–H and O–H groups in total. The average molecular weight is 335 g/mol. The van der Waals surface area contributed by atoms with Gasteiger partial charge < -0.3 is 14.4 Å². The first-order chi connectivity index (χ1) is 12.2. The number of nitrogens with zero attached hydrogens (tertiary/aromatic N) is 5. The maximum atomic E-state index is 13.2. The Kier molecular flexibility index (Phi) is 3.87. The zero-order chi connectivity index (χ0) is 17.4. The number of hydrogen-bond donors (Lipinski definition) is 0. The predicted octanol–water partition coefficient (Wildman–Crippen LogP) is 2.24. The Morgan fingerprint density at radius 2 is 1.68 bits per heavy atom. The maximum absolute atomic E-state index is 13.2. The van der Waals surface area contributed by atoms with Crippen molar-refractivity contribution in [3.63, 3.8) is 0 Å². The van der Waals surface area contributed by atoms with Crippen molar-refractivity contribution in [2.75, 3.05) is 31.1 Å². The van der Waals surface area contributed by atoms with Gasteiger partial charge in [-0.1, -0.05) is 18.2 Å². The lowest BCUT2D eigenvalue weighted by Gasteiger charge is -2.34. The molecule has 0 radical (unpaired) electrons. The van der Waals surface area contributed by atoms with Gasteiger partial charge in [0.25, 0.3) is 5.91 Å². The lowest BCUT2D eigenvalue weighted by molar-refractivity contribution is 0.0747. The number of amides is 1. The molecule has 1 aromatic carbocycles. The molecular formula is C19H21N5O. The summed E-state index contributed by atoms with van der Waals surface area (Å²) in [6, 6.07) is 9.90. The second-order valence-corrected chi connectivity index (χ2v) is 6.36. The summed E-state index contributed by atoms with van der Waals surface area (Å²) in [5.41, 5.74) is 2.93. The van der Waals surface area contributed by atoms with Crippen molar-refractivity contribution in [1.29, 1.82) is 0 Å². The minimum atomic E-state index is 0.114. The molecule has 0 saturated carbocycles. The van der Waals surface area contributed by atoms with E-state index in [9.17, 15) is 4.79 Å². The SMILES string of the molecule is Cc1c(C(=O)N2CCN(c3ncccn3)CC2)c2ccccc2n1C. The second-order valence-electron chi connectivity index (χ2n) is 6.36. The highest BCUT2D eigenvalue weighted by Gasteiger charge is 2.27. The molecular weight excluding hydrogens is 314 g/mol. The van der Waals surface area contributed by atoms with Crippen LogP contribution in [0, 0.1) is 6.92 Å². The summed E-state index contributed by atoms with van der Waals surface area (Å²) >= 11 is 0. The number of anilines is 1. The molecule has 0 bridgehead atoms. The van der Waals surface area contributed by atoms with Gasteiger partial charge in [-0.05, 0) is 19.1 Å². The molecule has 2 aromatic heterocycles. The second kappa shape index (κ2) is 6.20. The van der Waals surface area contributed by atoms with Crippen molar-refractivity contribution in [2.24, 2.45) is 7.05 Å². The Hall–Kier alpha value is -2.89. The van der Waals surface area contributed by atoms with Crippen molar-refractivity contribution >= 4 is 22.8 Å². The Morgan fingerprint density at radius 3 is 2.40 bits per heavy atom. The van der Waals surface area contributed by atoms with Crippen LogP contribution in [-0.2, 0) is 7.05 Å². The van der Waals surface area contributed by atoms with Crippen molar-refractivity contribution in [2.45, 2.75) is 6.92 Å². The third kappa shape index (κ3) is 2.63. The van der Waals surface area contributed by atoms with Gasteiger partial charge in [0.05, 0.1) is 5.56 Å². The Morgan fingerprint density at radius 1 is 1.00 bits per heavy atom. The van der Waals surface area contributed by atoms with Gasteiger partial charge in [0.2, 0.25) is 5.95 Å². The van der Waals surface area contributed by atoms with Gasteiger partial charge in [0.15, 0.2) is 0 Å². The van der Waals surface area contributed by atoms with Crippen molar-refractivity contribution in [3.05, 3.63) is 54.0 Å². The molecule has 0 spiro atoms. The highest BCUT2D eigenvalue weighted by Crippen LogP contribution is 2.26. The summed E-state index contributed by atoms with van der Waals surface area (Å²) < 4.78 is 2.09. The molecule has 0 aliphatic carbocycles. The van der Waals surface area contributed by atoms with Crippen LogP contribution in [0.1, 0.15) is 16.1 Å². The highest BCUT2D eigenvalue weighted by molar-refractivity contribution is 6.08. The number of benzene rings is 1. The summed E-state index contributed by atoms with van der Waals surface area (Å²) in [6.45, 7) is 4.87. The number of hydrogen-bond acceptors (Lipinski definition) is 4. The quantitative estimate of drug-likeness (QED) is 0.721. The van der Waals surface area contributed by atoms with Crippen LogP contribution in [0.15, 0.2) is 42.7 Å². The molecule has 0 unspecified atom stereocenters. The van der Waals surface area contributed by atoms with E-state index in [2.05, 4.69) is 25.5 Å². The number of fused-ring (bicyclic) bond motifs is 1. The molecule has 1 saturated heterocycles. The van der Waals surface area contributed by atoms with Crippen LogP contribution in [0.4, 0.5) is 5.95 Å². The fraction of sp³-hybridized carbons (Fsp3) is 0.316. The number of aryl methyl sites for hydroxylation is 1. The molecule has 3 aromatic rings. The van der Waals surface area contributed by atoms with E-state index in [1.54, 1.807) is 12.4 Å². The monoisotopic (exact) mass is 335 g/mol. The molecule has 6 heteroatoms. The normalized spacial score (nSPS) is 15.0. The van der Waals surface area contributed by atoms with Gasteiger partial charge in [-0.15, -0.1) is 0 Å². The van der Waals surface area contributed by atoms with Gasteiger partial charge in [0, 0.05) is 62.2 Å². The summed E-state index contributed by atoms with van der Waals surface area (Å²) in [5, 5.41) is 1.03. The van der Waals surface area contributed by atoms with Gasteiger partial charge >= 0.3 is 0 Å². The number of rotatable bonds is 2. The minimum Gasteiger partial charge on any atom is -0.347 e. The number of carbonyl (C=O) groups excluding carboxylic acids is 1. The van der Waals surface area contributed by atoms with Crippen molar-refractivity contribution < 1.29 is 4.79 Å². The largest absolute Gasteiger partial charge is 0.347 e. The van der Waals surface area contributed by atoms with Crippen LogP contribution in [0.5, 0.6) is 0 Å². The summed E-state index contributed by atoms with van der Waals surface area (Å²) in [7, 11) is 2.01. The first-order valence-electron chi connectivity index (χ1n) is 8.52. The van der Waals surface area contributed by atoms with Crippen molar-refractivity contribution in [1.82, 2.24) is 19.4 Å². The molecule has 4 rings (SSSR count). The Bertz CT molecular complexity index is 910. The van der Waals surface area contributed by atoms with Crippen LogP contribution < -0.4 is 4.90 Å². The van der Waals surface area contributed by atoms with E-state index >= 15 is 0 Å². The number of carbonyl (C=O) groups is 1. The van der Waals surface area contributed by atoms with E-state index in [1.807, 2.05) is 43.1 Å². The third-order valence-electron chi connectivity index (χ3n) is 5.02. The van der Waals surface area contributed by atoms with Gasteiger partial charge in [0.1, 0.15) is 0 Å². The zero-order valence-electron chi connectivity index (χ0n) is 14.5. The van der Waals surface area contributed by atoms with Crippen molar-refractivity contribution in [3.8, 4) is 0 Å². The molecule has 6 nitrogen and oxygen atoms in total. The van der Waals surface area contributed by atoms with Crippen LogP contribution >= 0.6 is 0 Å². The first-order valence-corrected chi connectivity index (χ1v) is 8.52. The smallest absolute Gasteiger partial charge is 0.256 e. The van der Waals surface area contributed by atoms with Crippen LogP contribution in [-0.4, -0.2) is 51.5 Å². The minimum absolute atomic E-state index is 0.114. The van der Waals surface area contributed by atoms with E-state index in [-0.39, 0.29) is 5.91 Å². The van der Waals surface area contributed by atoms with Crippen LogP contribution in [0.25, 0.3) is 10.9 Å². The van der Waals surface area contributed by atoms with Gasteiger partial charge in [-0.3, -0.25) is 4.79 Å². The molecule has 25 heavy (non-hydrogen) atoms. The average Bonchev–Trinajstić information content (AvgIpc) is 2.93. The Labute approximate surface area is 146 Å². The van der Waals surface area contributed by atoms with E-state index in [0.29, 0.717) is 13.1 Å². The number of piperazine rings is 1. The fourth-order valence-corrected chi connectivity index (χ4v) is 3.51. The third-order valence-corrected chi connectivity index (χ3v) is 5.02. The molecule has 0 atom stereocenters. The highest BCUT2D eigenvalue weighted by atomic mass is 16.2. The Balaban J connectivity index is 1.56. The number of aromatic nitrogens is 3. The molecule has 1 amide bonds. The van der Waals surface area contributed by atoms with Crippen LogP contribution in [0.3, 0.4) is 0 Å². The molecule has 3 heterocycles. The number of para-hydroxylation sites is 1. The lowest BCUT2D eigenvalue weighted by atomic mass is 10.1. The fourth-order valence-electron chi connectivity index (χ4n) is 3.51. The predicted molar refractivity (Wildman–Crippen MR) is 97.8 cm³/mol. The topological polar surface area (TPSA) is 54.3 Å². The van der Waals surface area contributed by atoms with E-state index < -0.39 is 0 Å². The first kappa shape index (κ1) is 15.6. The van der Waals surface area contributed by atoms with E-state index in [1.165, 1.54) is 0 Å².